The highest BCUT2D eigenvalue weighted by Crippen LogP contribution is 2.36. The highest BCUT2D eigenvalue weighted by Gasteiger charge is 2.28. The zero-order valence-electron chi connectivity index (χ0n) is 16.1. The van der Waals surface area contributed by atoms with Gasteiger partial charge in [-0.05, 0) is 22.9 Å². The largest absolute Gasteiger partial charge is 0.502 e. The van der Waals surface area contributed by atoms with Crippen LogP contribution in [0, 0.1) is 20.2 Å². The summed E-state index contributed by atoms with van der Waals surface area (Å²) in [4.78, 5) is 32.5. The van der Waals surface area contributed by atoms with Crippen molar-refractivity contribution in [1.29, 1.82) is 0 Å². The molecule has 3 aromatic rings. The Hall–Kier alpha value is -4.74. The molecule has 0 bridgehead atoms. The van der Waals surface area contributed by atoms with E-state index in [1.54, 1.807) is 12.1 Å². The van der Waals surface area contributed by atoms with E-state index in [0.29, 0.717) is 17.6 Å². The molecule has 12 heteroatoms. The maximum atomic E-state index is 12.4. The number of non-ortho nitro benzene ring substituents is 1. The third-order valence-corrected chi connectivity index (χ3v) is 4.65. The van der Waals surface area contributed by atoms with Crippen molar-refractivity contribution >= 4 is 34.3 Å². The Labute approximate surface area is 179 Å². The molecule has 0 saturated carbocycles. The van der Waals surface area contributed by atoms with E-state index in [1.165, 1.54) is 0 Å². The highest BCUT2D eigenvalue weighted by molar-refractivity contribution is 5.90. The summed E-state index contributed by atoms with van der Waals surface area (Å²) in [5, 5.41) is 37.4. The van der Waals surface area contributed by atoms with E-state index < -0.39 is 39.0 Å². The van der Waals surface area contributed by atoms with Crippen molar-refractivity contribution in [2.45, 2.75) is 6.10 Å². The molecule has 1 aliphatic rings. The Balaban J connectivity index is 1.49. The lowest BCUT2D eigenvalue weighted by Crippen LogP contribution is -2.42. The summed E-state index contributed by atoms with van der Waals surface area (Å²) in [6.45, 7) is -0.0831. The molecular weight excluding hydrogens is 424 g/mol. The number of nitro benzene ring substituents is 2. The number of fused-ring (bicyclic) bond motifs is 2. The number of hydrogen-bond donors (Lipinski definition) is 2. The Morgan fingerprint density at radius 1 is 1.09 bits per heavy atom. The number of benzene rings is 3. The summed E-state index contributed by atoms with van der Waals surface area (Å²) in [5.74, 6) is -0.632. The molecule has 0 aliphatic carbocycles. The fourth-order valence-electron chi connectivity index (χ4n) is 3.09. The van der Waals surface area contributed by atoms with Crippen LogP contribution in [0.25, 0.3) is 10.8 Å². The molecule has 4 rings (SSSR count). The van der Waals surface area contributed by atoms with Crippen LogP contribution >= 0.6 is 0 Å². The molecule has 0 fully saturated rings. The number of carbonyl (C=O) groups excluding carboxylic acids is 1. The molecule has 0 saturated heterocycles. The zero-order chi connectivity index (χ0) is 22.8. The predicted octanol–water partition coefficient (Wildman–Crippen LogP) is 2.65. The first-order valence-electron chi connectivity index (χ1n) is 9.14. The molecule has 2 N–H and O–H groups in total. The normalized spacial score (nSPS) is 14.9. The fraction of sp³-hybridized carbons (Fsp3) is 0.100. The standard InChI is InChI=1S/C20H14N4O8/c25-19-13(5-14(23(27)28)8-15(19)24(29)30)9-21-22-20(26)18-10-31-16-6-11-3-1-2-4-12(11)7-17(16)32-18/h1-9,18,25H,10H2,(H,22,26)/b21-9+/t18-/m1/s1. The lowest BCUT2D eigenvalue weighted by Gasteiger charge is -2.25. The molecule has 1 atom stereocenters. The quantitative estimate of drug-likeness (QED) is 0.348. The van der Waals surface area contributed by atoms with Gasteiger partial charge in [-0.25, -0.2) is 5.43 Å². The van der Waals surface area contributed by atoms with Crippen molar-refractivity contribution < 1.29 is 29.2 Å². The number of nitrogens with one attached hydrogen (secondary N) is 1. The Bertz CT molecular complexity index is 1290. The number of hydrogen-bond acceptors (Lipinski definition) is 9. The van der Waals surface area contributed by atoms with Crippen LogP contribution in [-0.4, -0.2) is 39.8 Å². The maximum Gasteiger partial charge on any atom is 0.318 e. The highest BCUT2D eigenvalue weighted by atomic mass is 16.6. The number of hydrazone groups is 1. The van der Waals surface area contributed by atoms with Gasteiger partial charge in [0.15, 0.2) is 11.5 Å². The van der Waals surface area contributed by atoms with Crippen molar-refractivity contribution in [2.75, 3.05) is 6.61 Å². The summed E-state index contributed by atoms with van der Waals surface area (Å²) in [6, 6.07) is 12.6. The van der Waals surface area contributed by atoms with E-state index in [1.807, 2.05) is 24.3 Å². The van der Waals surface area contributed by atoms with Crippen molar-refractivity contribution in [1.82, 2.24) is 5.43 Å². The van der Waals surface area contributed by atoms with Gasteiger partial charge in [-0.15, -0.1) is 0 Å². The molecule has 32 heavy (non-hydrogen) atoms. The van der Waals surface area contributed by atoms with E-state index in [0.717, 1.165) is 23.1 Å². The van der Waals surface area contributed by atoms with Crippen LogP contribution in [0.3, 0.4) is 0 Å². The van der Waals surface area contributed by atoms with Crippen LogP contribution in [0.2, 0.25) is 0 Å². The second-order valence-electron chi connectivity index (χ2n) is 6.71. The third-order valence-electron chi connectivity index (χ3n) is 4.65. The first-order chi connectivity index (χ1) is 15.3. The number of ether oxygens (including phenoxy) is 2. The zero-order valence-corrected chi connectivity index (χ0v) is 16.1. The number of nitrogens with zero attached hydrogens (tertiary/aromatic N) is 3. The summed E-state index contributed by atoms with van der Waals surface area (Å²) in [7, 11) is 0. The van der Waals surface area contributed by atoms with E-state index >= 15 is 0 Å². The topological polar surface area (TPSA) is 166 Å². The first-order valence-corrected chi connectivity index (χ1v) is 9.14. The smallest absolute Gasteiger partial charge is 0.318 e. The Morgan fingerprint density at radius 3 is 2.44 bits per heavy atom. The Kier molecular flexibility index (Phi) is 5.25. The van der Waals surface area contributed by atoms with Crippen LogP contribution in [0.5, 0.6) is 17.2 Å². The van der Waals surface area contributed by atoms with Gasteiger partial charge in [0.2, 0.25) is 11.9 Å². The maximum absolute atomic E-state index is 12.4. The monoisotopic (exact) mass is 438 g/mol. The molecule has 0 unspecified atom stereocenters. The van der Waals surface area contributed by atoms with Gasteiger partial charge in [-0.1, -0.05) is 24.3 Å². The molecule has 0 radical (unpaired) electrons. The molecule has 0 spiro atoms. The average molecular weight is 438 g/mol. The van der Waals surface area contributed by atoms with Crippen LogP contribution in [-0.2, 0) is 4.79 Å². The number of phenols is 1. The number of aromatic hydroxyl groups is 1. The minimum Gasteiger partial charge on any atom is -0.502 e. The number of amides is 1. The summed E-state index contributed by atoms with van der Waals surface area (Å²) in [5.41, 5.74) is 0.375. The number of rotatable bonds is 5. The van der Waals surface area contributed by atoms with Gasteiger partial charge < -0.3 is 14.6 Å². The molecule has 3 aromatic carbocycles. The lowest BCUT2D eigenvalue weighted by atomic mass is 10.1. The van der Waals surface area contributed by atoms with Crippen LogP contribution in [0.4, 0.5) is 11.4 Å². The fourth-order valence-corrected chi connectivity index (χ4v) is 3.09. The van der Waals surface area contributed by atoms with Crippen LogP contribution in [0.15, 0.2) is 53.6 Å². The minimum absolute atomic E-state index is 0.0831. The molecule has 0 aromatic heterocycles. The molecule has 162 valence electrons. The predicted molar refractivity (Wildman–Crippen MR) is 111 cm³/mol. The van der Waals surface area contributed by atoms with Gasteiger partial charge in [-0.3, -0.25) is 25.0 Å². The lowest BCUT2D eigenvalue weighted by molar-refractivity contribution is -0.394. The van der Waals surface area contributed by atoms with Gasteiger partial charge in [0, 0.05) is 6.07 Å². The molecular formula is C20H14N4O8. The molecule has 12 nitrogen and oxygen atoms in total. The average Bonchev–Trinajstić information content (AvgIpc) is 2.77. The van der Waals surface area contributed by atoms with E-state index in [2.05, 4.69) is 10.5 Å². The van der Waals surface area contributed by atoms with Crippen molar-refractivity contribution in [3.8, 4) is 17.2 Å². The van der Waals surface area contributed by atoms with Gasteiger partial charge in [-0.2, -0.15) is 5.10 Å². The van der Waals surface area contributed by atoms with Crippen LogP contribution in [0.1, 0.15) is 5.56 Å². The second-order valence-corrected chi connectivity index (χ2v) is 6.71. The molecule has 1 aliphatic heterocycles. The Morgan fingerprint density at radius 2 is 1.78 bits per heavy atom. The summed E-state index contributed by atoms with van der Waals surface area (Å²) >= 11 is 0. The third kappa shape index (κ3) is 3.96. The van der Waals surface area contributed by atoms with E-state index in [-0.39, 0.29) is 12.2 Å². The van der Waals surface area contributed by atoms with Gasteiger partial charge in [0.05, 0.1) is 27.7 Å². The minimum atomic E-state index is -1.03. The van der Waals surface area contributed by atoms with Gasteiger partial charge in [0.25, 0.3) is 11.6 Å². The van der Waals surface area contributed by atoms with E-state index in [4.69, 9.17) is 9.47 Å². The van der Waals surface area contributed by atoms with Gasteiger partial charge in [0.1, 0.15) is 6.61 Å². The summed E-state index contributed by atoms with van der Waals surface area (Å²) in [6.07, 6.45) is -0.174. The van der Waals surface area contributed by atoms with Crippen molar-refractivity contribution in [3.05, 3.63) is 74.3 Å². The van der Waals surface area contributed by atoms with Crippen molar-refractivity contribution in [3.63, 3.8) is 0 Å². The van der Waals surface area contributed by atoms with E-state index in [9.17, 15) is 30.1 Å². The molecule has 1 heterocycles. The SMILES string of the molecule is O=C(N/N=C/c1cc([N+](=O)[O-])cc([N+](=O)[O-])c1O)[C@H]1COc2cc3ccccc3cc2O1. The van der Waals surface area contributed by atoms with Crippen molar-refractivity contribution in [2.24, 2.45) is 5.10 Å². The van der Waals surface area contributed by atoms with Crippen LogP contribution < -0.4 is 14.9 Å². The first kappa shape index (κ1) is 20.5. The van der Waals surface area contributed by atoms with Gasteiger partial charge >= 0.3 is 5.69 Å². The second kappa shape index (κ2) is 8.18. The number of phenolic OH excluding ortho intramolecular Hbond substituents is 1. The molecule has 1 amide bonds. The summed E-state index contributed by atoms with van der Waals surface area (Å²) < 4.78 is 11.3. The number of carbonyl (C=O) groups is 1. The number of nitro groups is 2.